The Balaban J connectivity index is 1.66. The van der Waals surface area contributed by atoms with Crippen molar-refractivity contribution in [2.75, 3.05) is 0 Å². The van der Waals surface area contributed by atoms with E-state index in [4.69, 9.17) is 0 Å². The molecule has 0 bridgehead atoms. The highest BCUT2D eigenvalue weighted by Crippen LogP contribution is 2.26. The number of hydrogen-bond acceptors (Lipinski definition) is 1. The van der Waals surface area contributed by atoms with Gasteiger partial charge in [0.1, 0.15) is 5.82 Å². The first kappa shape index (κ1) is 14.7. The molecule has 0 spiro atoms. The molecule has 1 N–H and O–H groups in total. The standard InChI is InChI=1S/C18H19BrFN/c1-12(13-3-7-17(20)8-4-13)21-18-9-5-14-10-16(19)6-2-15(14)11-18/h2-4,6-8,10,12,18,21H,5,9,11H2,1H3/t12-,18?/m1/s1. The molecule has 1 aliphatic carbocycles. The van der Waals surface area contributed by atoms with Gasteiger partial charge in [-0.2, -0.15) is 0 Å². The molecular formula is C18H19BrFN. The molecule has 3 rings (SSSR count). The van der Waals surface area contributed by atoms with Crippen LogP contribution in [0.3, 0.4) is 0 Å². The zero-order chi connectivity index (χ0) is 14.8. The Morgan fingerprint density at radius 3 is 2.67 bits per heavy atom. The number of hydrogen-bond donors (Lipinski definition) is 1. The number of fused-ring (bicyclic) bond motifs is 1. The van der Waals surface area contributed by atoms with E-state index in [1.807, 2.05) is 12.1 Å². The zero-order valence-corrected chi connectivity index (χ0v) is 13.7. The summed E-state index contributed by atoms with van der Waals surface area (Å²) in [4.78, 5) is 0. The Morgan fingerprint density at radius 2 is 1.90 bits per heavy atom. The molecule has 0 heterocycles. The minimum atomic E-state index is -0.178. The summed E-state index contributed by atoms with van der Waals surface area (Å²) < 4.78 is 14.1. The molecule has 1 unspecified atom stereocenters. The molecule has 1 nitrogen and oxygen atoms in total. The molecular weight excluding hydrogens is 329 g/mol. The lowest BCUT2D eigenvalue weighted by Crippen LogP contribution is -2.36. The van der Waals surface area contributed by atoms with Gasteiger partial charge >= 0.3 is 0 Å². The fourth-order valence-corrected chi connectivity index (χ4v) is 3.48. The van der Waals surface area contributed by atoms with E-state index >= 15 is 0 Å². The van der Waals surface area contributed by atoms with Gasteiger partial charge in [-0.25, -0.2) is 4.39 Å². The van der Waals surface area contributed by atoms with E-state index in [1.54, 1.807) is 0 Å². The lowest BCUT2D eigenvalue weighted by molar-refractivity contribution is 0.413. The second-order valence-corrected chi connectivity index (χ2v) is 6.71. The highest BCUT2D eigenvalue weighted by molar-refractivity contribution is 9.10. The van der Waals surface area contributed by atoms with Crippen molar-refractivity contribution in [1.29, 1.82) is 0 Å². The third kappa shape index (κ3) is 3.53. The van der Waals surface area contributed by atoms with Gasteiger partial charge in [-0.15, -0.1) is 0 Å². The van der Waals surface area contributed by atoms with Crippen LogP contribution < -0.4 is 5.32 Å². The molecule has 0 saturated heterocycles. The van der Waals surface area contributed by atoms with Crippen LogP contribution in [0.25, 0.3) is 0 Å². The van der Waals surface area contributed by atoms with Crippen LogP contribution in [-0.2, 0) is 12.8 Å². The van der Waals surface area contributed by atoms with E-state index < -0.39 is 0 Å². The van der Waals surface area contributed by atoms with Crippen molar-refractivity contribution in [1.82, 2.24) is 5.32 Å². The van der Waals surface area contributed by atoms with E-state index in [0.717, 1.165) is 29.3 Å². The summed E-state index contributed by atoms with van der Waals surface area (Å²) in [6.07, 6.45) is 3.33. The Morgan fingerprint density at radius 1 is 1.14 bits per heavy atom. The van der Waals surface area contributed by atoms with Crippen LogP contribution in [0.5, 0.6) is 0 Å². The average molecular weight is 348 g/mol. The summed E-state index contributed by atoms with van der Waals surface area (Å²) in [6, 6.07) is 14.1. The van der Waals surface area contributed by atoms with Gasteiger partial charge in [0.25, 0.3) is 0 Å². The van der Waals surface area contributed by atoms with Crippen molar-refractivity contribution in [2.45, 2.75) is 38.3 Å². The average Bonchev–Trinajstić information content (AvgIpc) is 2.48. The summed E-state index contributed by atoms with van der Waals surface area (Å²) in [5.74, 6) is -0.178. The minimum absolute atomic E-state index is 0.178. The molecule has 2 atom stereocenters. The van der Waals surface area contributed by atoms with Gasteiger partial charge < -0.3 is 5.32 Å². The molecule has 0 radical (unpaired) electrons. The van der Waals surface area contributed by atoms with Crippen molar-refractivity contribution in [3.63, 3.8) is 0 Å². The molecule has 0 saturated carbocycles. The molecule has 2 aromatic rings. The van der Waals surface area contributed by atoms with Crippen molar-refractivity contribution >= 4 is 15.9 Å². The number of nitrogens with one attached hydrogen (secondary N) is 1. The van der Waals surface area contributed by atoms with E-state index in [0.29, 0.717) is 6.04 Å². The maximum atomic E-state index is 13.0. The second-order valence-electron chi connectivity index (χ2n) is 5.79. The van der Waals surface area contributed by atoms with Gasteiger partial charge in [0.15, 0.2) is 0 Å². The van der Waals surface area contributed by atoms with Crippen molar-refractivity contribution in [3.8, 4) is 0 Å². The maximum absolute atomic E-state index is 13.0. The van der Waals surface area contributed by atoms with Crippen LogP contribution in [0, 0.1) is 5.82 Å². The van der Waals surface area contributed by atoms with Crippen LogP contribution in [0.2, 0.25) is 0 Å². The van der Waals surface area contributed by atoms with Gasteiger partial charge in [-0.3, -0.25) is 0 Å². The predicted octanol–water partition coefficient (Wildman–Crippen LogP) is 4.80. The molecule has 0 amide bonds. The van der Waals surface area contributed by atoms with Crippen molar-refractivity contribution in [2.24, 2.45) is 0 Å². The zero-order valence-electron chi connectivity index (χ0n) is 12.1. The molecule has 0 aromatic heterocycles. The van der Waals surface area contributed by atoms with Crippen LogP contribution in [-0.4, -0.2) is 6.04 Å². The quantitative estimate of drug-likeness (QED) is 0.841. The SMILES string of the molecule is C[C@@H](NC1CCc2cc(Br)ccc2C1)c1ccc(F)cc1. The highest BCUT2D eigenvalue weighted by atomic mass is 79.9. The lowest BCUT2D eigenvalue weighted by Gasteiger charge is -2.29. The van der Waals surface area contributed by atoms with Gasteiger partial charge in [0, 0.05) is 16.6 Å². The normalized spacial score (nSPS) is 19.1. The van der Waals surface area contributed by atoms with Crippen molar-refractivity contribution in [3.05, 3.63) is 69.4 Å². The minimum Gasteiger partial charge on any atom is -0.307 e. The summed E-state index contributed by atoms with van der Waals surface area (Å²) in [6.45, 7) is 2.14. The molecule has 0 aliphatic heterocycles. The Labute approximate surface area is 133 Å². The number of benzene rings is 2. The first-order chi connectivity index (χ1) is 10.1. The number of halogens is 2. The maximum Gasteiger partial charge on any atom is 0.123 e. The Bertz CT molecular complexity index is 624. The Kier molecular flexibility index (Phi) is 4.41. The summed E-state index contributed by atoms with van der Waals surface area (Å²) in [5, 5.41) is 3.68. The largest absolute Gasteiger partial charge is 0.307 e. The van der Waals surface area contributed by atoms with Gasteiger partial charge in [-0.1, -0.05) is 34.1 Å². The predicted molar refractivity (Wildman–Crippen MR) is 87.9 cm³/mol. The summed E-state index contributed by atoms with van der Waals surface area (Å²) in [5.41, 5.74) is 4.03. The highest BCUT2D eigenvalue weighted by Gasteiger charge is 2.20. The fraction of sp³-hybridized carbons (Fsp3) is 0.333. The van der Waals surface area contributed by atoms with Crippen LogP contribution in [0.1, 0.15) is 36.1 Å². The van der Waals surface area contributed by atoms with E-state index in [9.17, 15) is 4.39 Å². The lowest BCUT2D eigenvalue weighted by atomic mass is 9.88. The monoisotopic (exact) mass is 347 g/mol. The summed E-state index contributed by atoms with van der Waals surface area (Å²) in [7, 11) is 0. The molecule has 3 heteroatoms. The number of aryl methyl sites for hydroxylation is 1. The third-order valence-electron chi connectivity index (χ3n) is 4.25. The first-order valence-electron chi connectivity index (χ1n) is 7.40. The Hall–Kier alpha value is -1.19. The molecule has 21 heavy (non-hydrogen) atoms. The molecule has 110 valence electrons. The molecule has 2 aromatic carbocycles. The smallest absolute Gasteiger partial charge is 0.123 e. The van der Waals surface area contributed by atoms with E-state index in [2.05, 4.69) is 46.4 Å². The van der Waals surface area contributed by atoms with Gasteiger partial charge in [0.2, 0.25) is 0 Å². The van der Waals surface area contributed by atoms with Crippen LogP contribution in [0.4, 0.5) is 4.39 Å². The third-order valence-corrected chi connectivity index (χ3v) is 4.75. The van der Waals surface area contributed by atoms with E-state index in [1.165, 1.54) is 23.3 Å². The van der Waals surface area contributed by atoms with Crippen molar-refractivity contribution < 1.29 is 4.39 Å². The van der Waals surface area contributed by atoms with Crippen LogP contribution >= 0.6 is 15.9 Å². The van der Waals surface area contributed by atoms with E-state index in [-0.39, 0.29) is 11.9 Å². The molecule has 0 fully saturated rings. The van der Waals surface area contributed by atoms with Crippen LogP contribution in [0.15, 0.2) is 46.9 Å². The topological polar surface area (TPSA) is 12.0 Å². The fourth-order valence-electron chi connectivity index (χ4n) is 3.07. The number of rotatable bonds is 3. The second kappa shape index (κ2) is 6.29. The summed E-state index contributed by atoms with van der Waals surface area (Å²) >= 11 is 3.54. The first-order valence-corrected chi connectivity index (χ1v) is 8.20. The van der Waals surface area contributed by atoms with Gasteiger partial charge in [-0.05, 0) is 67.1 Å². The molecule has 1 aliphatic rings. The van der Waals surface area contributed by atoms with Gasteiger partial charge in [0.05, 0.1) is 0 Å².